The third-order valence-corrected chi connectivity index (χ3v) is 1.71. The van der Waals surface area contributed by atoms with Gasteiger partial charge in [-0.3, -0.25) is 4.79 Å². The van der Waals surface area contributed by atoms with Crippen LogP contribution >= 0.6 is 0 Å². The minimum Gasteiger partial charge on any atom is -0.389 e. The lowest BCUT2D eigenvalue weighted by atomic mass is 10.0. The molecule has 2 heteroatoms. The second kappa shape index (κ2) is 5.09. The van der Waals surface area contributed by atoms with Crippen molar-refractivity contribution in [1.82, 2.24) is 0 Å². The molecule has 0 spiro atoms. The third-order valence-electron chi connectivity index (χ3n) is 1.71. The van der Waals surface area contributed by atoms with Crippen molar-refractivity contribution in [2.45, 2.75) is 40.2 Å². The second-order valence-electron chi connectivity index (χ2n) is 3.60. The maximum absolute atomic E-state index is 10.8. The summed E-state index contributed by atoms with van der Waals surface area (Å²) in [4.78, 5) is 10.8. The van der Waals surface area contributed by atoms with Gasteiger partial charge in [0.05, 0.1) is 6.10 Å². The number of hydrogen-bond donors (Lipinski definition) is 1. The minimum atomic E-state index is -0.478. The summed E-state index contributed by atoms with van der Waals surface area (Å²) < 4.78 is 0. The van der Waals surface area contributed by atoms with Gasteiger partial charge in [0.25, 0.3) is 0 Å². The Hall–Kier alpha value is -0.630. The van der Waals surface area contributed by atoms with Gasteiger partial charge in [-0.15, -0.1) is 0 Å². The minimum absolute atomic E-state index is 0.0257. The highest BCUT2D eigenvalue weighted by Gasteiger charge is 2.05. The predicted molar refractivity (Wildman–Crippen MR) is 49.9 cm³/mol. The molecule has 0 rings (SSSR count). The van der Waals surface area contributed by atoms with E-state index < -0.39 is 6.10 Å². The molecule has 0 aromatic heterocycles. The summed E-state index contributed by atoms with van der Waals surface area (Å²) in [5.74, 6) is 0.480. The molecule has 0 aromatic carbocycles. The number of aliphatic hydroxyl groups excluding tert-OH is 1. The number of carbonyl (C=O) groups excluding carboxylic acids is 1. The van der Waals surface area contributed by atoms with E-state index in [1.165, 1.54) is 6.92 Å². The largest absolute Gasteiger partial charge is 0.389 e. The van der Waals surface area contributed by atoms with E-state index in [-0.39, 0.29) is 5.78 Å². The third kappa shape index (κ3) is 5.08. The van der Waals surface area contributed by atoms with E-state index in [1.807, 2.05) is 13.8 Å². The first-order valence-electron chi connectivity index (χ1n) is 4.31. The van der Waals surface area contributed by atoms with Crippen LogP contribution in [-0.4, -0.2) is 17.0 Å². The highest BCUT2D eigenvalue weighted by atomic mass is 16.3. The van der Waals surface area contributed by atoms with Crippen LogP contribution in [0, 0.1) is 5.92 Å². The van der Waals surface area contributed by atoms with Crippen LogP contribution < -0.4 is 0 Å². The molecule has 0 aliphatic heterocycles. The molecule has 2 nitrogen and oxygen atoms in total. The quantitative estimate of drug-likeness (QED) is 0.654. The first kappa shape index (κ1) is 11.4. The lowest BCUT2D eigenvalue weighted by Crippen LogP contribution is -2.08. The lowest BCUT2D eigenvalue weighted by Gasteiger charge is -2.08. The van der Waals surface area contributed by atoms with Gasteiger partial charge in [0.1, 0.15) is 0 Å². The van der Waals surface area contributed by atoms with Crippen LogP contribution in [0.1, 0.15) is 34.1 Å². The molecule has 1 N–H and O–H groups in total. The molecular weight excluding hydrogens is 152 g/mol. The van der Waals surface area contributed by atoms with Crippen LogP contribution in [-0.2, 0) is 4.79 Å². The molecule has 0 saturated carbocycles. The maximum Gasteiger partial charge on any atom is 0.155 e. The molecule has 12 heavy (non-hydrogen) atoms. The summed E-state index contributed by atoms with van der Waals surface area (Å²) in [7, 11) is 0. The zero-order chi connectivity index (χ0) is 9.72. The highest BCUT2D eigenvalue weighted by molar-refractivity contribution is 5.92. The van der Waals surface area contributed by atoms with Gasteiger partial charge in [0.15, 0.2) is 5.78 Å². The van der Waals surface area contributed by atoms with Gasteiger partial charge < -0.3 is 5.11 Å². The molecular formula is C10H18O2. The summed E-state index contributed by atoms with van der Waals surface area (Å²) in [6.07, 6.45) is 1.86. The van der Waals surface area contributed by atoms with Crippen molar-refractivity contribution in [2.75, 3.05) is 0 Å². The number of Topliss-reactive ketones (excluding diaryl/α,β-unsaturated/α-hetero) is 1. The molecule has 1 atom stereocenters. The Morgan fingerprint density at radius 1 is 1.42 bits per heavy atom. The summed E-state index contributed by atoms with van der Waals surface area (Å²) in [6, 6.07) is 0. The number of aliphatic hydroxyl groups is 1. The topological polar surface area (TPSA) is 37.3 Å². The summed E-state index contributed by atoms with van der Waals surface area (Å²) in [5, 5.41) is 9.41. The van der Waals surface area contributed by atoms with Gasteiger partial charge in [-0.05, 0) is 37.8 Å². The summed E-state index contributed by atoms with van der Waals surface area (Å²) >= 11 is 0. The Labute approximate surface area is 74.3 Å². The number of allylic oxidation sites excluding steroid dienone is 1. The normalized spacial score (nSPS) is 15.0. The molecule has 0 aliphatic carbocycles. The van der Waals surface area contributed by atoms with Gasteiger partial charge in [-0.1, -0.05) is 13.8 Å². The fraction of sp³-hybridized carbons (Fsp3) is 0.700. The van der Waals surface area contributed by atoms with Gasteiger partial charge in [-0.25, -0.2) is 0 Å². The Morgan fingerprint density at radius 3 is 2.25 bits per heavy atom. The van der Waals surface area contributed by atoms with E-state index in [0.717, 1.165) is 0 Å². The van der Waals surface area contributed by atoms with Crippen LogP contribution in [0.5, 0.6) is 0 Å². The molecule has 0 radical (unpaired) electrons. The van der Waals surface area contributed by atoms with Gasteiger partial charge in [0, 0.05) is 0 Å². The van der Waals surface area contributed by atoms with E-state index in [1.54, 1.807) is 13.0 Å². The molecule has 1 unspecified atom stereocenters. The molecule has 0 fully saturated rings. The zero-order valence-electron chi connectivity index (χ0n) is 8.29. The van der Waals surface area contributed by atoms with Crippen molar-refractivity contribution in [3.63, 3.8) is 0 Å². The van der Waals surface area contributed by atoms with Crippen molar-refractivity contribution in [1.29, 1.82) is 0 Å². The van der Waals surface area contributed by atoms with Crippen LogP contribution in [0.4, 0.5) is 0 Å². The van der Waals surface area contributed by atoms with Crippen LogP contribution in [0.2, 0.25) is 0 Å². The van der Waals surface area contributed by atoms with Gasteiger partial charge >= 0.3 is 0 Å². The van der Waals surface area contributed by atoms with Crippen molar-refractivity contribution < 1.29 is 9.90 Å². The Morgan fingerprint density at radius 2 is 1.92 bits per heavy atom. The molecule has 0 amide bonds. The zero-order valence-corrected chi connectivity index (χ0v) is 8.29. The smallest absolute Gasteiger partial charge is 0.155 e. The highest BCUT2D eigenvalue weighted by Crippen LogP contribution is 2.07. The van der Waals surface area contributed by atoms with E-state index in [0.29, 0.717) is 17.9 Å². The van der Waals surface area contributed by atoms with Crippen molar-refractivity contribution in [3.8, 4) is 0 Å². The first-order valence-corrected chi connectivity index (χ1v) is 4.31. The molecule has 0 saturated heterocycles. The molecule has 0 bridgehead atoms. The van der Waals surface area contributed by atoms with Gasteiger partial charge in [-0.2, -0.15) is 0 Å². The van der Waals surface area contributed by atoms with Crippen molar-refractivity contribution in [2.24, 2.45) is 5.92 Å². The standard InChI is InChI=1S/C10H18O2/c1-7(2)5-10(12)6-8(3)9(4)11/h6-7,10,12H,5H2,1-4H3/b8-6+. The molecule has 0 aliphatic rings. The van der Waals surface area contributed by atoms with Crippen LogP contribution in [0.3, 0.4) is 0 Å². The van der Waals surface area contributed by atoms with Crippen LogP contribution in [0.15, 0.2) is 11.6 Å². The fourth-order valence-corrected chi connectivity index (χ4v) is 0.957. The summed E-state index contributed by atoms with van der Waals surface area (Å²) in [5.41, 5.74) is 0.642. The summed E-state index contributed by atoms with van der Waals surface area (Å²) in [6.45, 7) is 7.32. The van der Waals surface area contributed by atoms with E-state index in [9.17, 15) is 9.90 Å². The van der Waals surface area contributed by atoms with Crippen molar-refractivity contribution >= 4 is 5.78 Å². The Bertz CT molecular complexity index is 180. The van der Waals surface area contributed by atoms with Crippen LogP contribution in [0.25, 0.3) is 0 Å². The Kier molecular flexibility index (Phi) is 4.83. The average Bonchev–Trinajstić information content (AvgIpc) is 1.84. The van der Waals surface area contributed by atoms with Crippen molar-refractivity contribution in [3.05, 3.63) is 11.6 Å². The molecule has 70 valence electrons. The number of carbonyl (C=O) groups is 1. The van der Waals surface area contributed by atoms with E-state index in [4.69, 9.17) is 0 Å². The molecule has 0 aromatic rings. The monoisotopic (exact) mass is 170 g/mol. The lowest BCUT2D eigenvalue weighted by molar-refractivity contribution is -0.113. The second-order valence-corrected chi connectivity index (χ2v) is 3.60. The fourth-order valence-electron chi connectivity index (χ4n) is 0.957. The van der Waals surface area contributed by atoms with Gasteiger partial charge in [0.2, 0.25) is 0 Å². The number of rotatable bonds is 4. The number of ketones is 1. The average molecular weight is 170 g/mol. The maximum atomic E-state index is 10.8. The number of hydrogen-bond acceptors (Lipinski definition) is 2. The molecule has 0 heterocycles. The van der Waals surface area contributed by atoms with E-state index in [2.05, 4.69) is 0 Å². The predicted octanol–water partition coefficient (Wildman–Crippen LogP) is 1.93. The Balaban J connectivity index is 4.05. The first-order chi connectivity index (χ1) is 5.43. The van der Waals surface area contributed by atoms with E-state index >= 15 is 0 Å². The SMILES string of the molecule is CC(=O)/C(C)=C/C(O)CC(C)C.